The molecule has 1 aliphatic heterocycles. The molecule has 0 atom stereocenters. The molecule has 0 saturated heterocycles. The lowest BCUT2D eigenvalue weighted by molar-refractivity contribution is -0.116. The Morgan fingerprint density at radius 3 is 2.81 bits per heavy atom. The summed E-state index contributed by atoms with van der Waals surface area (Å²) in [5.41, 5.74) is 2.07. The molecule has 0 saturated carbocycles. The van der Waals surface area contributed by atoms with Gasteiger partial charge in [-0.25, -0.2) is 0 Å². The number of thioether (sulfide) groups is 1. The zero-order valence-corrected chi connectivity index (χ0v) is 12.5. The van der Waals surface area contributed by atoms with Gasteiger partial charge in [-0.05, 0) is 42.3 Å². The number of fused-ring (bicyclic) bond motifs is 1. The largest absolute Gasteiger partial charge is 0.493 e. The molecule has 4 heteroatoms. The molecular formula is C17H17NO2S. The smallest absolute Gasteiger partial charge is 0.224 e. The van der Waals surface area contributed by atoms with Gasteiger partial charge in [-0.1, -0.05) is 18.2 Å². The fourth-order valence-electron chi connectivity index (χ4n) is 2.29. The van der Waals surface area contributed by atoms with E-state index < -0.39 is 0 Å². The first-order valence-corrected chi connectivity index (χ1v) is 8.03. The highest BCUT2D eigenvalue weighted by molar-refractivity contribution is 7.99. The molecule has 1 N–H and O–H groups in total. The molecule has 0 aromatic heterocycles. The van der Waals surface area contributed by atoms with E-state index in [1.807, 2.05) is 36.4 Å². The number of nitrogens with one attached hydrogen (secondary N) is 1. The fourth-order valence-corrected chi connectivity index (χ4v) is 3.04. The van der Waals surface area contributed by atoms with E-state index >= 15 is 0 Å². The molecule has 3 nitrogen and oxygen atoms in total. The van der Waals surface area contributed by atoms with Gasteiger partial charge in [0.15, 0.2) is 0 Å². The van der Waals surface area contributed by atoms with Crippen molar-refractivity contribution in [3.8, 4) is 5.75 Å². The van der Waals surface area contributed by atoms with Gasteiger partial charge in [-0.2, -0.15) is 0 Å². The maximum atomic E-state index is 11.3. The highest BCUT2D eigenvalue weighted by Crippen LogP contribution is 2.27. The van der Waals surface area contributed by atoms with Gasteiger partial charge < -0.3 is 10.1 Å². The van der Waals surface area contributed by atoms with Crippen molar-refractivity contribution in [1.82, 2.24) is 0 Å². The highest BCUT2D eigenvalue weighted by atomic mass is 32.2. The Balaban J connectivity index is 1.51. The first kappa shape index (κ1) is 14.0. The summed E-state index contributed by atoms with van der Waals surface area (Å²) < 4.78 is 5.79. The SMILES string of the molecule is O=C1CCc2cc(OCCSc3ccccc3)ccc2N1. The van der Waals surface area contributed by atoms with Crippen molar-refractivity contribution >= 4 is 23.4 Å². The fraction of sp³-hybridized carbons (Fsp3) is 0.235. The van der Waals surface area contributed by atoms with Crippen molar-refractivity contribution < 1.29 is 9.53 Å². The van der Waals surface area contributed by atoms with E-state index in [1.165, 1.54) is 4.90 Å². The van der Waals surface area contributed by atoms with Crippen LogP contribution in [0.2, 0.25) is 0 Å². The number of amides is 1. The first-order valence-electron chi connectivity index (χ1n) is 7.05. The molecule has 0 aliphatic carbocycles. The summed E-state index contributed by atoms with van der Waals surface area (Å²) in [6, 6.07) is 16.2. The number of rotatable bonds is 5. The van der Waals surface area contributed by atoms with Crippen LogP contribution in [0.15, 0.2) is 53.4 Å². The van der Waals surface area contributed by atoms with Crippen LogP contribution >= 0.6 is 11.8 Å². The molecule has 108 valence electrons. The molecule has 1 amide bonds. The second-order valence-electron chi connectivity index (χ2n) is 4.88. The zero-order valence-electron chi connectivity index (χ0n) is 11.7. The van der Waals surface area contributed by atoms with Crippen LogP contribution in [0.1, 0.15) is 12.0 Å². The average molecular weight is 299 g/mol. The van der Waals surface area contributed by atoms with Gasteiger partial charge in [0.05, 0.1) is 6.61 Å². The molecule has 21 heavy (non-hydrogen) atoms. The second-order valence-corrected chi connectivity index (χ2v) is 6.05. The molecule has 0 fully saturated rings. The quantitative estimate of drug-likeness (QED) is 0.675. The van der Waals surface area contributed by atoms with Crippen LogP contribution in [0, 0.1) is 0 Å². The van der Waals surface area contributed by atoms with E-state index in [0.717, 1.165) is 29.2 Å². The third-order valence-corrected chi connectivity index (χ3v) is 4.31. The minimum absolute atomic E-state index is 0.0930. The van der Waals surface area contributed by atoms with Crippen LogP contribution < -0.4 is 10.1 Å². The molecule has 0 spiro atoms. The third-order valence-electron chi connectivity index (χ3n) is 3.34. The van der Waals surface area contributed by atoms with Gasteiger partial charge in [-0.15, -0.1) is 11.8 Å². The second kappa shape index (κ2) is 6.68. The zero-order chi connectivity index (χ0) is 14.5. The minimum atomic E-state index is 0.0930. The highest BCUT2D eigenvalue weighted by Gasteiger charge is 2.14. The summed E-state index contributed by atoms with van der Waals surface area (Å²) >= 11 is 1.79. The Bertz CT molecular complexity index is 628. The molecular weight excluding hydrogens is 282 g/mol. The third kappa shape index (κ3) is 3.79. The van der Waals surface area contributed by atoms with Crippen molar-refractivity contribution in [2.24, 2.45) is 0 Å². The number of aryl methyl sites for hydroxylation is 1. The normalized spacial score (nSPS) is 13.4. The van der Waals surface area contributed by atoms with E-state index in [0.29, 0.717) is 13.0 Å². The molecule has 0 radical (unpaired) electrons. The number of hydrogen-bond acceptors (Lipinski definition) is 3. The maximum absolute atomic E-state index is 11.3. The Labute approximate surface area is 128 Å². The standard InChI is InChI=1S/C17H17NO2S/c19-17-9-6-13-12-14(7-8-16(13)18-17)20-10-11-21-15-4-2-1-3-5-15/h1-5,7-8,12H,6,9-11H2,(H,18,19). The number of carbonyl (C=O) groups excluding carboxylic acids is 1. The molecule has 0 unspecified atom stereocenters. The van der Waals surface area contributed by atoms with E-state index in [1.54, 1.807) is 11.8 Å². The lowest BCUT2D eigenvalue weighted by atomic mass is 10.0. The van der Waals surface area contributed by atoms with E-state index in [4.69, 9.17) is 4.74 Å². The van der Waals surface area contributed by atoms with Gasteiger partial charge in [0.25, 0.3) is 0 Å². The number of carbonyl (C=O) groups is 1. The Hall–Kier alpha value is -1.94. The van der Waals surface area contributed by atoms with Gasteiger partial charge in [-0.3, -0.25) is 4.79 Å². The van der Waals surface area contributed by atoms with Crippen molar-refractivity contribution in [2.45, 2.75) is 17.7 Å². The summed E-state index contributed by atoms with van der Waals surface area (Å²) in [4.78, 5) is 12.6. The summed E-state index contributed by atoms with van der Waals surface area (Å²) in [5, 5.41) is 2.88. The first-order chi connectivity index (χ1) is 10.3. The Kier molecular flexibility index (Phi) is 4.46. The van der Waals surface area contributed by atoms with Crippen LogP contribution in [-0.2, 0) is 11.2 Å². The van der Waals surface area contributed by atoms with Gasteiger partial charge in [0, 0.05) is 22.8 Å². The van der Waals surface area contributed by atoms with Crippen LogP contribution in [-0.4, -0.2) is 18.3 Å². The molecule has 0 bridgehead atoms. The summed E-state index contributed by atoms with van der Waals surface area (Å²) in [6.45, 7) is 0.671. The Morgan fingerprint density at radius 2 is 1.95 bits per heavy atom. The van der Waals surface area contributed by atoms with Gasteiger partial charge in [0.2, 0.25) is 5.91 Å². The van der Waals surface area contributed by atoms with Crippen molar-refractivity contribution in [3.63, 3.8) is 0 Å². The average Bonchev–Trinajstić information content (AvgIpc) is 2.52. The van der Waals surface area contributed by atoms with Crippen molar-refractivity contribution in [1.29, 1.82) is 0 Å². The Morgan fingerprint density at radius 1 is 1.10 bits per heavy atom. The lowest BCUT2D eigenvalue weighted by Crippen LogP contribution is -2.18. The number of anilines is 1. The summed E-state index contributed by atoms with van der Waals surface area (Å²) in [7, 11) is 0. The van der Waals surface area contributed by atoms with Gasteiger partial charge >= 0.3 is 0 Å². The van der Waals surface area contributed by atoms with E-state index in [9.17, 15) is 4.79 Å². The van der Waals surface area contributed by atoms with Crippen LogP contribution in [0.4, 0.5) is 5.69 Å². The predicted molar refractivity (Wildman–Crippen MR) is 86.1 cm³/mol. The van der Waals surface area contributed by atoms with Crippen LogP contribution in [0.5, 0.6) is 5.75 Å². The monoisotopic (exact) mass is 299 g/mol. The van der Waals surface area contributed by atoms with Crippen molar-refractivity contribution in [3.05, 3.63) is 54.1 Å². The van der Waals surface area contributed by atoms with Crippen LogP contribution in [0.25, 0.3) is 0 Å². The molecule has 2 aromatic rings. The predicted octanol–water partition coefficient (Wildman–Crippen LogP) is 3.74. The van der Waals surface area contributed by atoms with Crippen molar-refractivity contribution in [2.75, 3.05) is 17.7 Å². The van der Waals surface area contributed by atoms with E-state index in [2.05, 4.69) is 17.4 Å². The topological polar surface area (TPSA) is 38.3 Å². The number of benzene rings is 2. The minimum Gasteiger partial charge on any atom is -0.493 e. The van der Waals surface area contributed by atoms with Crippen LogP contribution in [0.3, 0.4) is 0 Å². The summed E-state index contributed by atoms with van der Waals surface area (Å²) in [6.07, 6.45) is 1.34. The van der Waals surface area contributed by atoms with E-state index in [-0.39, 0.29) is 5.91 Å². The number of hydrogen-bond donors (Lipinski definition) is 1. The maximum Gasteiger partial charge on any atom is 0.224 e. The number of ether oxygens (including phenoxy) is 1. The summed E-state index contributed by atoms with van der Waals surface area (Å²) in [5.74, 6) is 1.88. The molecule has 1 heterocycles. The molecule has 2 aromatic carbocycles. The molecule has 1 aliphatic rings. The lowest BCUT2D eigenvalue weighted by Gasteiger charge is -2.17. The molecule has 3 rings (SSSR count). The van der Waals surface area contributed by atoms with Gasteiger partial charge in [0.1, 0.15) is 5.75 Å².